The van der Waals surface area contributed by atoms with Crippen molar-refractivity contribution in [1.82, 2.24) is 10.0 Å². The molecule has 0 radical (unpaired) electrons. The van der Waals surface area contributed by atoms with E-state index in [-0.39, 0.29) is 4.90 Å². The van der Waals surface area contributed by atoms with Crippen LogP contribution in [0.1, 0.15) is 12.5 Å². The second kappa shape index (κ2) is 8.11. The molecule has 0 amide bonds. The third kappa shape index (κ3) is 5.31. The van der Waals surface area contributed by atoms with E-state index in [1.54, 1.807) is 23.9 Å². The molecule has 7 heteroatoms. The van der Waals surface area contributed by atoms with Crippen LogP contribution >= 0.6 is 23.4 Å². The molecule has 0 atom stereocenters. The Morgan fingerprint density at radius 1 is 1.37 bits per heavy atom. The molecule has 0 unspecified atom stereocenters. The number of thioether (sulfide) groups is 1. The van der Waals surface area contributed by atoms with Gasteiger partial charge in [-0.05, 0) is 30.5 Å². The molecule has 1 aromatic carbocycles. The van der Waals surface area contributed by atoms with Crippen LogP contribution in [-0.2, 0) is 16.6 Å². The number of hydrogen-bond donors (Lipinski definition) is 2. The highest BCUT2D eigenvalue weighted by molar-refractivity contribution is 7.98. The minimum atomic E-state index is -3.46. The molecule has 2 N–H and O–H groups in total. The van der Waals surface area contributed by atoms with Crippen LogP contribution in [0.25, 0.3) is 0 Å². The van der Waals surface area contributed by atoms with Gasteiger partial charge in [-0.1, -0.05) is 24.6 Å². The summed E-state index contributed by atoms with van der Waals surface area (Å²) in [6.45, 7) is 3.89. The molecular weight excluding hydrogens is 304 g/mol. The Morgan fingerprint density at radius 3 is 2.68 bits per heavy atom. The summed E-state index contributed by atoms with van der Waals surface area (Å²) in [5.74, 6) is 0.742. The highest BCUT2D eigenvalue weighted by Crippen LogP contribution is 2.20. The summed E-state index contributed by atoms with van der Waals surface area (Å²) < 4.78 is 26.5. The van der Waals surface area contributed by atoms with E-state index in [1.807, 2.05) is 13.2 Å². The van der Waals surface area contributed by atoms with E-state index >= 15 is 0 Å². The molecule has 0 saturated heterocycles. The highest BCUT2D eigenvalue weighted by atomic mass is 35.5. The fourth-order valence-corrected chi connectivity index (χ4v) is 3.26. The van der Waals surface area contributed by atoms with E-state index in [0.29, 0.717) is 18.1 Å². The average molecular weight is 323 g/mol. The zero-order valence-corrected chi connectivity index (χ0v) is 13.5. The number of sulfonamides is 1. The van der Waals surface area contributed by atoms with Crippen LogP contribution in [-0.4, -0.2) is 33.5 Å². The fourth-order valence-electron chi connectivity index (χ4n) is 1.46. The van der Waals surface area contributed by atoms with E-state index < -0.39 is 10.0 Å². The van der Waals surface area contributed by atoms with Crippen LogP contribution in [0.15, 0.2) is 23.1 Å². The van der Waals surface area contributed by atoms with E-state index in [4.69, 9.17) is 11.6 Å². The summed E-state index contributed by atoms with van der Waals surface area (Å²) in [7, 11) is -3.46. The molecule has 1 aromatic rings. The SMILES string of the molecule is CCNCc1ccc(S(=O)(=O)NCCSC)cc1Cl. The molecule has 0 fully saturated rings. The maximum Gasteiger partial charge on any atom is 0.240 e. The largest absolute Gasteiger partial charge is 0.313 e. The topological polar surface area (TPSA) is 58.2 Å². The van der Waals surface area contributed by atoms with Gasteiger partial charge in [0, 0.05) is 23.9 Å². The van der Waals surface area contributed by atoms with Crippen molar-refractivity contribution >= 4 is 33.4 Å². The van der Waals surface area contributed by atoms with Gasteiger partial charge in [0.1, 0.15) is 0 Å². The molecule has 0 saturated carbocycles. The predicted octanol–water partition coefficient (Wildman–Crippen LogP) is 2.09. The molecule has 0 aliphatic heterocycles. The maximum atomic E-state index is 12.0. The first kappa shape index (κ1) is 16.8. The smallest absolute Gasteiger partial charge is 0.240 e. The maximum absolute atomic E-state index is 12.0. The molecule has 0 aliphatic rings. The van der Waals surface area contributed by atoms with Gasteiger partial charge in [0.05, 0.1) is 4.90 Å². The molecule has 0 spiro atoms. The molecule has 4 nitrogen and oxygen atoms in total. The second-order valence-corrected chi connectivity index (χ2v) is 7.08. The van der Waals surface area contributed by atoms with Gasteiger partial charge < -0.3 is 5.32 Å². The van der Waals surface area contributed by atoms with Crippen LogP contribution in [0.4, 0.5) is 0 Å². The van der Waals surface area contributed by atoms with Crippen molar-refractivity contribution in [3.05, 3.63) is 28.8 Å². The van der Waals surface area contributed by atoms with Gasteiger partial charge in [-0.2, -0.15) is 11.8 Å². The third-order valence-electron chi connectivity index (χ3n) is 2.50. The first-order valence-corrected chi connectivity index (χ1v) is 9.24. The van der Waals surface area contributed by atoms with Crippen molar-refractivity contribution < 1.29 is 8.42 Å². The Morgan fingerprint density at radius 2 is 2.11 bits per heavy atom. The van der Waals surface area contributed by atoms with Crippen molar-refractivity contribution in [3.8, 4) is 0 Å². The second-order valence-electron chi connectivity index (χ2n) is 3.92. The molecule has 0 bridgehead atoms. The number of rotatable bonds is 8. The van der Waals surface area contributed by atoms with Crippen molar-refractivity contribution in [2.24, 2.45) is 0 Å². The van der Waals surface area contributed by atoms with Crippen LogP contribution < -0.4 is 10.0 Å². The lowest BCUT2D eigenvalue weighted by Gasteiger charge is -2.09. The van der Waals surface area contributed by atoms with E-state index in [2.05, 4.69) is 10.0 Å². The molecule has 108 valence electrons. The summed E-state index contributed by atoms with van der Waals surface area (Å²) in [5, 5.41) is 3.62. The normalized spacial score (nSPS) is 11.7. The third-order valence-corrected chi connectivity index (χ3v) is 4.92. The van der Waals surface area contributed by atoms with Crippen LogP contribution in [0.5, 0.6) is 0 Å². The van der Waals surface area contributed by atoms with Crippen molar-refractivity contribution in [3.63, 3.8) is 0 Å². The Kier molecular flexibility index (Phi) is 7.17. The average Bonchev–Trinajstić information content (AvgIpc) is 2.37. The van der Waals surface area contributed by atoms with Crippen molar-refractivity contribution in [1.29, 1.82) is 0 Å². The quantitative estimate of drug-likeness (QED) is 0.720. The summed E-state index contributed by atoms with van der Waals surface area (Å²) in [6.07, 6.45) is 1.93. The zero-order chi connectivity index (χ0) is 14.3. The van der Waals surface area contributed by atoms with Crippen LogP contribution in [0.3, 0.4) is 0 Å². The zero-order valence-electron chi connectivity index (χ0n) is 11.1. The summed E-state index contributed by atoms with van der Waals surface area (Å²) in [6, 6.07) is 4.82. The van der Waals surface area contributed by atoms with E-state index in [1.165, 1.54) is 6.07 Å². The van der Waals surface area contributed by atoms with Gasteiger partial charge in [0.25, 0.3) is 0 Å². The minimum absolute atomic E-state index is 0.207. The fraction of sp³-hybridized carbons (Fsp3) is 0.500. The van der Waals surface area contributed by atoms with Gasteiger partial charge in [0.2, 0.25) is 10.0 Å². The monoisotopic (exact) mass is 322 g/mol. The van der Waals surface area contributed by atoms with Gasteiger partial charge in [-0.15, -0.1) is 0 Å². The Balaban J connectivity index is 2.81. The molecule has 0 aliphatic carbocycles. The van der Waals surface area contributed by atoms with Gasteiger partial charge >= 0.3 is 0 Å². The first-order chi connectivity index (χ1) is 9.01. The summed E-state index contributed by atoms with van der Waals surface area (Å²) in [4.78, 5) is 0.207. The van der Waals surface area contributed by atoms with Crippen LogP contribution in [0, 0.1) is 0 Å². The number of halogens is 1. The van der Waals surface area contributed by atoms with Gasteiger partial charge in [-0.3, -0.25) is 0 Å². The number of nitrogens with one attached hydrogen (secondary N) is 2. The number of hydrogen-bond acceptors (Lipinski definition) is 4. The van der Waals surface area contributed by atoms with Gasteiger partial charge in [-0.25, -0.2) is 13.1 Å². The Labute approximate surface area is 124 Å². The molecule has 1 rings (SSSR count). The lowest BCUT2D eigenvalue weighted by Crippen LogP contribution is -2.26. The summed E-state index contributed by atoms with van der Waals surface area (Å²) in [5.41, 5.74) is 0.895. The van der Waals surface area contributed by atoms with Crippen molar-refractivity contribution in [2.75, 3.05) is 25.1 Å². The van der Waals surface area contributed by atoms with Crippen LogP contribution in [0.2, 0.25) is 5.02 Å². The number of benzene rings is 1. The molecule has 0 heterocycles. The Bertz CT molecular complexity index is 506. The highest BCUT2D eigenvalue weighted by Gasteiger charge is 2.14. The minimum Gasteiger partial charge on any atom is -0.313 e. The molecular formula is C12H19ClN2O2S2. The first-order valence-electron chi connectivity index (χ1n) is 5.99. The lowest BCUT2D eigenvalue weighted by molar-refractivity contribution is 0.584. The van der Waals surface area contributed by atoms with E-state index in [9.17, 15) is 8.42 Å². The molecule has 0 aromatic heterocycles. The Hall–Kier alpha value is -0.270. The van der Waals surface area contributed by atoms with E-state index in [0.717, 1.165) is 17.9 Å². The molecule has 19 heavy (non-hydrogen) atoms. The predicted molar refractivity (Wildman–Crippen MR) is 82.4 cm³/mol. The summed E-state index contributed by atoms with van der Waals surface area (Å²) >= 11 is 7.69. The van der Waals surface area contributed by atoms with Crippen molar-refractivity contribution in [2.45, 2.75) is 18.4 Å². The van der Waals surface area contributed by atoms with Gasteiger partial charge in [0.15, 0.2) is 0 Å². The standard InChI is InChI=1S/C12H19ClN2O2S2/c1-3-14-9-10-4-5-11(8-12(10)13)19(16,17)15-6-7-18-2/h4-5,8,14-15H,3,6-7,9H2,1-2H3. The lowest BCUT2D eigenvalue weighted by atomic mass is 10.2.